The SMILES string of the molecule is CC.Cc1ccc2c(c1)OC(C)Nc1cccc(n1)-c1nncn1C1CCC(CC1)O2. The molecule has 1 aliphatic carbocycles. The smallest absolute Gasteiger partial charge is 0.182 e. The molecule has 3 aromatic rings. The van der Waals surface area contributed by atoms with Crippen LogP contribution in [0, 0.1) is 6.92 Å². The molecule has 1 saturated carbocycles. The van der Waals surface area contributed by atoms with Crippen molar-refractivity contribution in [2.75, 3.05) is 5.32 Å². The van der Waals surface area contributed by atoms with E-state index in [0.717, 1.165) is 60.1 Å². The maximum Gasteiger partial charge on any atom is 0.182 e. The van der Waals surface area contributed by atoms with E-state index in [1.165, 1.54) is 0 Å². The van der Waals surface area contributed by atoms with Crippen LogP contribution in [0.2, 0.25) is 0 Å². The van der Waals surface area contributed by atoms with Crippen molar-refractivity contribution in [3.63, 3.8) is 0 Å². The van der Waals surface area contributed by atoms with Crippen LogP contribution in [0.15, 0.2) is 42.7 Å². The minimum Gasteiger partial charge on any atom is -0.487 e. The zero-order valence-corrected chi connectivity index (χ0v) is 18.7. The molecular formula is C24H31N5O2. The summed E-state index contributed by atoms with van der Waals surface area (Å²) in [5, 5.41) is 11.8. The van der Waals surface area contributed by atoms with Gasteiger partial charge in [0.05, 0.1) is 6.10 Å². The molecule has 0 saturated heterocycles. The molecule has 1 atom stereocenters. The molecule has 164 valence electrons. The third-order valence-corrected chi connectivity index (χ3v) is 5.64. The molecule has 7 nitrogen and oxygen atoms in total. The number of pyridine rings is 1. The van der Waals surface area contributed by atoms with Crippen LogP contribution in [0.5, 0.6) is 11.5 Å². The van der Waals surface area contributed by atoms with Crippen molar-refractivity contribution < 1.29 is 9.47 Å². The highest BCUT2D eigenvalue weighted by atomic mass is 16.5. The van der Waals surface area contributed by atoms with Gasteiger partial charge in [-0.05, 0) is 69.4 Å². The molecule has 0 spiro atoms. The lowest BCUT2D eigenvalue weighted by Crippen LogP contribution is -2.26. The normalized spacial score (nSPS) is 22.1. The molecule has 0 amide bonds. The lowest BCUT2D eigenvalue weighted by atomic mass is 9.92. The Morgan fingerprint density at radius 1 is 1.00 bits per heavy atom. The molecule has 4 heterocycles. The van der Waals surface area contributed by atoms with E-state index in [1.54, 1.807) is 0 Å². The van der Waals surface area contributed by atoms with E-state index in [0.29, 0.717) is 6.04 Å². The number of hydrogen-bond acceptors (Lipinski definition) is 6. The fraction of sp³-hybridized carbons (Fsp3) is 0.458. The van der Waals surface area contributed by atoms with Crippen molar-refractivity contribution in [1.82, 2.24) is 19.7 Å². The average molecular weight is 422 g/mol. The minimum atomic E-state index is -0.277. The van der Waals surface area contributed by atoms with Crippen molar-refractivity contribution in [2.45, 2.75) is 71.8 Å². The Morgan fingerprint density at radius 3 is 2.61 bits per heavy atom. The zero-order valence-electron chi connectivity index (χ0n) is 18.7. The fourth-order valence-electron chi connectivity index (χ4n) is 4.19. The van der Waals surface area contributed by atoms with E-state index in [9.17, 15) is 0 Å². The van der Waals surface area contributed by atoms with E-state index in [-0.39, 0.29) is 12.3 Å². The monoisotopic (exact) mass is 421 g/mol. The number of anilines is 1. The highest BCUT2D eigenvalue weighted by Gasteiger charge is 2.27. The van der Waals surface area contributed by atoms with E-state index >= 15 is 0 Å². The second kappa shape index (κ2) is 9.37. The lowest BCUT2D eigenvalue weighted by Gasteiger charge is -2.30. The summed E-state index contributed by atoms with van der Waals surface area (Å²) in [4.78, 5) is 4.76. The van der Waals surface area contributed by atoms with Crippen LogP contribution in [-0.2, 0) is 0 Å². The summed E-state index contributed by atoms with van der Waals surface area (Å²) in [5.74, 6) is 3.10. The Labute approximate surface area is 183 Å². The summed E-state index contributed by atoms with van der Waals surface area (Å²) in [5.41, 5.74) is 1.95. The third-order valence-electron chi connectivity index (χ3n) is 5.64. The van der Waals surface area contributed by atoms with Gasteiger partial charge in [0.1, 0.15) is 17.8 Å². The average Bonchev–Trinajstić information content (AvgIpc) is 3.27. The van der Waals surface area contributed by atoms with Gasteiger partial charge in [-0.2, -0.15) is 0 Å². The topological polar surface area (TPSA) is 74.1 Å². The van der Waals surface area contributed by atoms with E-state index in [4.69, 9.17) is 14.5 Å². The van der Waals surface area contributed by atoms with Crippen molar-refractivity contribution in [1.29, 1.82) is 0 Å². The molecule has 1 aromatic carbocycles. The molecule has 1 fully saturated rings. The summed E-state index contributed by atoms with van der Waals surface area (Å²) < 4.78 is 14.7. The Bertz CT molecular complexity index is 1010. The minimum absolute atomic E-state index is 0.184. The predicted octanol–water partition coefficient (Wildman–Crippen LogP) is 5.39. The van der Waals surface area contributed by atoms with E-state index < -0.39 is 0 Å². The number of fused-ring (bicyclic) bond motifs is 4. The van der Waals surface area contributed by atoms with Gasteiger partial charge in [-0.25, -0.2) is 4.98 Å². The second-order valence-corrected chi connectivity index (χ2v) is 7.87. The van der Waals surface area contributed by atoms with Crippen molar-refractivity contribution >= 4 is 5.82 Å². The molecule has 7 heteroatoms. The Balaban J connectivity index is 0.00000112. The molecule has 31 heavy (non-hydrogen) atoms. The highest BCUT2D eigenvalue weighted by Crippen LogP contribution is 2.36. The first-order chi connectivity index (χ1) is 15.2. The summed E-state index contributed by atoms with van der Waals surface area (Å²) in [7, 11) is 0. The lowest BCUT2D eigenvalue weighted by molar-refractivity contribution is 0.124. The number of aromatic nitrogens is 4. The molecular weight excluding hydrogens is 390 g/mol. The van der Waals surface area contributed by atoms with Crippen LogP contribution in [0.25, 0.3) is 11.5 Å². The predicted molar refractivity (Wildman–Crippen MR) is 121 cm³/mol. The van der Waals surface area contributed by atoms with E-state index in [2.05, 4.69) is 33.1 Å². The van der Waals surface area contributed by atoms with Gasteiger partial charge < -0.3 is 19.4 Å². The number of ether oxygens (including phenoxy) is 2. The number of rotatable bonds is 0. The first-order valence-electron chi connectivity index (χ1n) is 11.2. The molecule has 2 aliphatic heterocycles. The largest absolute Gasteiger partial charge is 0.487 e. The summed E-state index contributed by atoms with van der Waals surface area (Å²) in [6.07, 6.45) is 5.74. The number of aryl methyl sites for hydroxylation is 1. The van der Waals surface area contributed by atoms with E-state index in [1.807, 2.05) is 57.4 Å². The van der Waals surface area contributed by atoms with Crippen molar-refractivity contribution in [3.8, 4) is 23.0 Å². The van der Waals surface area contributed by atoms with Crippen LogP contribution in [0.1, 0.15) is 58.1 Å². The van der Waals surface area contributed by atoms with Crippen molar-refractivity contribution in [3.05, 3.63) is 48.3 Å². The van der Waals surface area contributed by atoms with Gasteiger partial charge in [0.25, 0.3) is 0 Å². The molecule has 6 rings (SSSR count). The molecule has 4 bridgehead atoms. The first-order valence-corrected chi connectivity index (χ1v) is 11.2. The first kappa shape index (κ1) is 21.2. The van der Waals surface area contributed by atoms with Crippen LogP contribution >= 0.6 is 0 Å². The summed E-state index contributed by atoms with van der Waals surface area (Å²) >= 11 is 0. The highest BCUT2D eigenvalue weighted by molar-refractivity contribution is 5.54. The Kier molecular flexibility index (Phi) is 6.39. The number of benzene rings is 1. The maximum absolute atomic E-state index is 6.37. The second-order valence-electron chi connectivity index (χ2n) is 7.87. The fourth-order valence-corrected chi connectivity index (χ4v) is 4.19. The van der Waals surface area contributed by atoms with Crippen LogP contribution < -0.4 is 14.8 Å². The maximum atomic E-state index is 6.37. The van der Waals surface area contributed by atoms with Crippen LogP contribution in [-0.4, -0.2) is 32.1 Å². The van der Waals surface area contributed by atoms with Gasteiger partial charge in [-0.3, -0.25) is 0 Å². The van der Waals surface area contributed by atoms with Crippen LogP contribution in [0.4, 0.5) is 5.82 Å². The summed E-state index contributed by atoms with van der Waals surface area (Å²) in [6.45, 7) is 8.02. The third kappa shape index (κ3) is 4.65. The number of hydrogen-bond donors (Lipinski definition) is 1. The Morgan fingerprint density at radius 2 is 1.81 bits per heavy atom. The Hall–Kier alpha value is -3.09. The van der Waals surface area contributed by atoms with Crippen LogP contribution in [0.3, 0.4) is 0 Å². The molecule has 1 unspecified atom stereocenters. The van der Waals surface area contributed by atoms with Crippen molar-refractivity contribution in [2.24, 2.45) is 0 Å². The van der Waals surface area contributed by atoms with Gasteiger partial charge in [-0.15, -0.1) is 10.2 Å². The molecule has 3 aliphatic rings. The molecule has 1 N–H and O–H groups in total. The summed E-state index contributed by atoms with van der Waals surface area (Å²) in [6, 6.07) is 12.3. The quantitative estimate of drug-likeness (QED) is 0.525. The standard InChI is InChI=1S/C22H25N5O2.C2H6/c1-14-6-11-19-20(12-14)28-15(2)24-21-5-3-4-18(25-21)22-26-23-13-27(22)16-7-9-17(29-19)10-8-16;1-2/h3-6,11-13,15-17H,7-10H2,1-2H3,(H,24,25);1-2H3. The van der Waals surface area contributed by atoms with Gasteiger partial charge in [0, 0.05) is 6.04 Å². The molecule has 0 radical (unpaired) electrons. The van der Waals surface area contributed by atoms with Gasteiger partial charge in [0.2, 0.25) is 0 Å². The molecule has 2 aromatic heterocycles. The van der Waals surface area contributed by atoms with Gasteiger partial charge >= 0.3 is 0 Å². The number of nitrogens with one attached hydrogen (secondary N) is 1. The van der Waals surface area contributed by atoms with Gasteiger partial charge in [-0.1, -0.05) is 26.0 Å². The van der Waals surface area contributed by atoms with Gasteiger partial charge in [0.15, 0.2) is 23.6 Å². The number of nitrogens with zero attached hydrogens (tertiary/aromatic N) is 4. The zero-order chi connectivity index (χ0) is 21.8.